The van der Waals surface area contributed by atoms with Gasteiger partial charge in [0.2, 0.25) is 5.88 Å². The van der Waals surface area contributed by atoms with Gasteiger partial charge in [-0.2, -0.15) is 0 Å². The summed E-state index contributed by atoms with van der Waals surface area (Å²) in [4.78, 5) is 22.7. The fourth-order valence-corrected chi connectivity index (χ4v) is 3.17. The van der Waals surface area contributed by atoms with Crippen molar-refractivity contribution in [3.63, 3.8) is 0 Å². The minimum atomic E-state index is -0.142. The molecule has 2 aromatic rings. The van der Waals surface area contributed by atoms with Crippen molar-refractivity contribution in [3.8, 4) is 17.4 Å². The first-order valence-electron chi connectivity index (χ1n) is 9.16. The third-order valence-electron chi connectivity index (χ3n) is 4.53. The second-order valence-corrected chi connectivity index (χ2v) is 6.51. The highest BCUT2D eigenvalue weighted by atomic mass is 16.5. The molecule has 0 spiro atoms. The van der Waals surface area contributed by atoms with Crippen molar-refractivity contribution in [1.82, 2.24) is 9.97 Å². The lowest BCUT2D eigenvalue weighted by Crippen LogP contribution is -2.39. The number of rotatable bonds is 6. The molecule has 1 aromatic heterocycles. The Morgan fingerprint density at radius 2 is 2.11 bits per heavy atom. The molecule has 3 rings (SSSR count). The Morgan fingerprint density at radius 3 is 2.89 bits per heavy atom. The van der Waals surface area contributed by atoms with Crippen molar-refractivity contribution >= 4 is 11.8 Å². The zero-order valence-electron chi connectivity index (χ0n) is 16.0. The van der Waals surface area contributed by atoms with Gasteiger partial charge in [-0.15, -0.1) is 0 Å². The number of hydrogen-bond acceptors (Lipinski definition) is 7. The van der Waals surface area contributed by atoms with Crippen LogP contribution in [0.25, 0.3) is 0 Å². The second-order valence-electron chi connectivity index (χ2n) is 6.51. The Balaban J connectivity index is 1.75. The number of nitrogens with zero attached hydrogens (tertiary/aromatic N) is 3. The van der Waals surface area contributed by atoms with Crippen LogP contribution in [0.4, 0.5) is 5.82 Å². The van der Waals surface area contributed by atoms with Crippen LogP contribution in [0, 0.1) is 12.8 Å². The molecule has 1 aliphatic rings. The van der Waals surface area contributed by atoms with Gasteiger partial charge in [0.1, 0.15) is 12.1 Å². The molecule has 1 unspecified atom stereocenters. The molecule has 1 aromatic carbocycles. The van der Waals surface area contributed by atoms with Crippen LogP contribution in [0.15, 0.2) is 30.6 Å². The maximum Gasteiger partial charge on any atom is 0.310 e. The summed E-state index contributed by atoms with van der Waals surface area (Å²) in [6, 6.07) is 7.50. The lowest BCUT2D eigenvalue weighted by Gasteiger charge is -2.32. The van der Waals surface area contributed by atoms with E-state index >= 15 is 0 Å². The molecule has 0 aliphatic carbocycles. The van der Waals surface area contributed by atoms with Gasteiger partial charge in [-0.05, 0) is 44.4 Å². The lowest BCUT2D eigenvalue weighted by molar-refractivity contribution is -0.148. The average Bonchev–Trinajstić information content (AvgIpc) is 2.70. The summed E-state index contributed by atoms with van der Waals surface area (Å²) in [5, 5.41) is 0. The van der Waals surface area contributed by atoms with E-state index in [1.54, 1.807) is 13.2 Å². The van der Waals surface area contributed by atoms with Crippen molar-refractivity contribution in [3.05, 3.63) is 36.2 Å². The highest BCUT2D eigenvalue weighted by Gasteiger charge is 2.27. The number of anilines is 1. The minimum absolute atomic E-state index is 0.129. The first kappa shape index (κ1) is 18.9. The SMILES string of the molecule is CCOC(=O)C1CCCN(c2cc(Oc3ccc(C)cc3OC)ncn2)C1. The second kappa shape index (κ2) is 8.70. The summed E-state index contributed by atoms with van der Waals surface area (Å²) < 4.78 is 16.4. The van der Waals surface area contributed by atoms with Gasteiger partial charge in [0.25, 0.3) is 0 Å². The maximum absolute atomic E-state index is 12.1. The Morgan fingerprint density at radius 1 is 1.26 bits per heavy atom. The molecular weight excluding hydrogens is 346 g/mol. The molecule has 0 radical (unpaired) electrons. The van der Waals surface area contributed by atoms with E-state index in [0.717, 1.165) is 30.8 Å². The van der Waals surface area contributed by atoms with Gasteiger partial charge in [-0.25, -0.2) is 9.97 Å². The molecule has 0 N–H and O–H groups in total. The molecule has 7 heteroatoms. The van der Waals surface area contributed by atoms with Crippen LogP contribution in [0.2, 0.25) is 0 Å². The predicted octanol–water partition coefficient (Wildman–Crippen LogP) is 3.37. The average molecular weight is 371 g/mol. The molecule has 0 amide bonds. The number of ether oxygens (including phenoxy) is 3. The Hall–Kier alpha value is -2.83. The quantitative estimate of drug-likeness (QED) is 0.721. The predicted molar refractivity (Wildman–Crippen MR) is 101 cm³/mol. The summed E-state index contributed by atoms with van der Waals surface area (Å²) >= 11 is 0. The Bertz CT molecular complexity index is 797. The number of carbonyl (C=O) groups excluding carboxylic acids is 1. The number of hydrogen-bond donors (Lipinski definition) is 0. The summed E-state index contributed by atoms with van der Waals surface area (Å²) in [6.07, 6.45) is 3.22. The summed E-state index contributed by atoms with van der Waals surface area (Å²) in [6.45, 7) is 5.64. The molecule has 1 aliphatic heterocycles. The normalized spacial score (nSPS) is 16.7. The summed E-state index contributed by atoms with van der Waals surface area (Å²) in [5.41, 5.74) is 1.08. The number of esters is 1. The smallest absolute Gasteiger partial charge is 0.310 e. The van der Waals surface area contributed by atoms with Gasteiger partial charge < -0.3 is 19.1 Å². The number of aromatic nitrogens is 2. The third kappa shape index (κ3) is 4.67. The number of methoxy groups -OCH3 is 1. The highest BCUT2D eigenvalue weighted by molar-refractivity contribution is 5.73. The van der Waals surface area contributed by atoms with E-state index < -0.39 is 0 Å². The van der Waals surface area contributed by atoms with Crippen molar-refractivity contribution in [2.24, 2.45) is 5.92 Å². The number of piperidine rings is 1. The monoisotopic (exact) mass is 371 g/mol. The number of aryl methyl sites for hydroxylation is 1. The lowest BCUT2D eigenvalue weighted by atomic mass is 9.98. The fraction of sp³-hybridized carbons (Fsp3) is 0.450. The van der Waals surface area contributed by atoms with Crippen LogP contribution in [0.1, 0.15) is 25.3 Å². The van der Waals surface area contributed by atoms with Crippen LogP contribution >= 0.6 is 0 Å². The number of benzene rings is 1. The molecule has 144 valence electrons. The molecule has 2 heterocycles. The van der Waals surface area contributed by atoms with Gasteiger partial charge >= 0.3 is 5.97 Å². The number of carbonyl (C=O) groups is 1. The molecule has 1 fully saturated rings. The van der Waals surface area contributed by atoms with Gasteiger partial charge in [0.15, 0.2) is 11.5 Å². The van der Waals surface area contributed by atoms with Gasteiger partial charge in [0, 0.05) is 19.2 Å². The molecular formula is C20H25N3O4. The highest BCUT2D eigenvalue weighted by Crippen LogP contribution is 2.32. The van der Waals surface area contributed by atoms with Crippen LogP contribution in [0.5, 0.6) is 17.4 Å². The molecule has 1 saturated heterocycles. The van der Waals surface area contributed by atoms with Crippen LogP contribution in [-0.2, 0) is 9.53 Å². The standard InChI is InChI=1S/C20H25N3O4/c1-4-26-20(24)15-6-5-9-23(12-15)18-11-19(22-13-21-18)27-16-8-7-14(2)10-17(16)25-3/h7-8,10-11,13,15H,4-6,9,12H2,1-3H3. The molecule has 1 atom stereocenters. The van der Waals surface area contributed by atoms with Crippen LogP contribution < -0.4 is 14.4 Å². The molecule has 27 heavy (non-hydrogen) atoms. The van der Waals surface area contributed by atoms with Crippen molar-refractivity contribution < 1.29 is 19.0 Å². The van der Waals surface area contributed by atoms with Crippen LogP contribution in [0.3, 0.4) is 0 Å². The molecule has 0 bridgehead atoms. The first-order chi connectivity index (χ1) is 13.1. The van der Waals surface area contributed by atoms with E-state index in [2.05, 4.69) is 14.9 Å². The van der Waals surface area contributed by atoms with Crippen molar-refractivity contribution in [2.45, 2.75) is 26.7 Å². The largest absolute Gasteiger partial charge is 0.493 e. The van der Waals surface area contributed by atoms with Gasteiger partial charge in [-0.3, -0.25) is 4.79 Å². The Labute approximate surface area is 159 Å². The van der Waals surface area contributed by atoms with Gasteiger partial charge in [-0.1, -0.05) is 6.07 Å². The zero-order valence-corrected chi connectivity index (χ0v) is 16.0. The first-order valence-corrected chi connectivity index (χ1v) is 9.16. The third-order valence-corrected chi connectivity index (χ3v) is 4.53. The molecule has 7 nitrogen and oxygen atoms in total. The van der Waals surface area contributed by atoms with Gasteiger partial charge in [0.05, 0.1) is 19.6 Å². The minimum Gasteiger partial charge on any atom is -0.493 e. The van der Waals surface area contributed by atoms with Crippen molar-refractivity contribution in [2.75, 3.05) is 31.7 Å². The van der Waals surface area contributed by atoms with E-state index in [-0.39, 0.29) is 11.9 Å². The van der Waals surface area contributed by atoms with E-state index in [1.165, 1.54) is 6.33 Å². The van der Waals surface area contributed by atoms with E-state index in [0.29, 0.717) is 30.5 Å². The van der Waals surface area contributed by atoms with E-state index in [9.17, 15) is 4.79 Å². The summed E-state index contributed by atoms with van der Waals surface area (Å²) in [5.74, 6) is 2.14. The fourth-order valence-electron chi connectivity index (χ4n) is 3.17. The molecule has 0 saturated carbocycles. The zero-order chi connectivity index (χ0) is 19.2. The van der Waals surface area contributed by atoms with E-state index in [4.69, 9.17) is 14.2 Å². The summed E-state index contributed by atoms with van der Waals surface area (Å²) in [7, 11) is 1.61. The Kier molecular flexibility index (Phi) is 6.11. The van der Waals surface area contributed by atoms with Crippen molar-refractivity contribution in [1.29, 1.82) is 0 Å². The topological polar surface area (TPSA) is 73.8 Å². The van der Waals surface area contributed by atoms with Crippen LogP contribution in [-0.4, -0.2) is 42.7 Å². The maximum atomic E-state index is 12.1. The van der Waals surface area contributed by atoms with E-state index in [1.807, 2.05) is 32.0 Å².